The Morgan fingerprint density at radius 2 is 1.97 bits per heavy atom. The van der Waals surface area contributed by atoms with Crippen LogP contribution < -0.4 is 10.2 Å². The summed E-state index contributed by atoms with van der Waals surface area (Å²) >= 11 is 1.66. The van der Waals surface area contributed by atoms with Gasteiger partial charge < -0.3 is 9.30 Å². The average Bonchev–Trinajstić information content (AvgIpc) is 3.54. The lowest BCUT2D eigenvalue weighted by molar-refractivity contribution is 0.0956. The van der Waals surface area contributed by atoms with Gasteiger partial charge in [-0.1, -0.05) is 6.42 Å². The van der Waals surface area contributed by atoms with Crippen LogP contribution in [0, 0.1) is 0 Å². The maximum Gasteiger partial charge on any atom is 0.273 e. The number of carbonyl (C=O) groups excluding carboxylic acids is 1. The third-order valence-electron chi connectivity index (χ3n) is 6.59. The number of likely N-dealkylation sites (tertiary alicyclic amines) is 1. The van der Waals surface area contributed by atoms with Gasteiger partial charge >= 0.3 is 0 Å². The van der Waals surface area contributed by atoms with Crippen LogP contribution in [0.4, 0.5) is 0 Å². The van der Waals surface area contributed by atoms with Crippen molar-refractivity contribution in [3.63, 3.8) is 0 Å². The number of carbonyl (C=O) groups is 1. The predicted molar refractivity (Wildman–Crippen MR) is 146 cm³/mol. The summed E-state index contributed by atoms with van der Waals surface area (Å²) in [6, 6.07) is 13.7. The zero-order valence-corrected chi connectivity index (χ0v) is 21.6. The summed E-state index contributed by atoms with van der Waals surface area (Å²) in [4.78, 5) is 20.5. The van der Waals surface area contributed by atoms with Crippen LogP contribution in [0.1, 0.15) is 47.8 Å². The highest BCUT2D eigenvalue weighted by Crippen LogP contribution is 2.30. The third-order valence-corrected chi connectivity index (χ3v) is 7.54. The smallest absolute Gasteiger partial charge is 0.273 e. The number of thiazole rings is 1. The fraction of sp³-hybridized carbons (Fsp3) is 0.321. The standard InChI is InChI=1S/C28H31N5O2S/c1-3-33-18-25(27(34)31-29-16-20-7-10-23(35-2)11-8-20)24-15-21(9-12-26(24)33)28-30-22(19-36-28)17-32-13-5-4-6-14-32/h7-12,15-16,18-19H,3-6,13-14,17H2,1-2H3,(H,31,34)/b29-16+. The molecule has 8 heteroatoms. The van der Waals surface area contributed by atoms with E-state index < -0.39 is 0 Å². The zero-order chi connectivity index (χ0) is 24.9. The normalized spacial score (nSPS) is 14.5. The zero-order valence-electron chi connectivity index (χ0n) is 20.7. The molecule has 0 radical (unpaired) electrons. The molecule has 1 saturated heterocycles. The van der Waals surface area contributed by atoms with Gasteiger partial charge in [0.1, 0.15) is 10.8 Å². The van der Waals surface area contributed by atoms with Gasteiger partial charge in [-0.05, 0) is 80.9 Å². The summed E-state index contributed by atoms with van der Waals surface area (Å²) in [6.45, 7) is 6.07. The Labute approximate surface area is 215 Å². The second kappa shape index (κ2) is 11.1. The number of aryl methyl sites for hydroxylation is 1. The molecule has 1 amide bonds. The summed E-state index contributed by atoms with van der Waals surface area (Å²) < 4.78 is 7.27. The Morgan fingerprint density at radius 1 is 1.17 bits per heavy atom. The van der Waals surface area contributed by atoms with Crippen molar-refractivity contribution in [1.29, 1.82) is 0 Å². The molecule has 0 bridgehead atoms. The fourth-order valence-corrected chi connectivity index (χ4v) is 5.46. The van der Waals surface area contributed by atoms with E-state index in [2.05, 4.69) is 50.5 Å². The van der Waals surface area contributed by atoms with E-state index in [0.29, 0.717) is 5.56 Å². The van der Waals surface area contributed by atoms with Crippen LogP contribution in [0.2, 0.25) is 0 Å². The molecule has 5 rings (SSSR count). The number of methoxy groups -OCH3 is 1. The van der Waals surface area contributed by atoms with Crippen molar-refractivity contribution in [2.45, 2.75) is 39.3 Å². The quantitative estimate of drug-likeness (QED) is 0.254. The number of hydrazone groups is 1. The first-order valence-corrected chi connectivity index (χ1v) is 13.3. The largest absolute Gasteiger partial charge is 0.497 e. The number of ether oxygens (including phenoxy) is 1. The predicted octanol–water partition coefficient (Wildman–Crippen LogP) is 5.54. The molecule has 7 nitrogen and oxygen atoms in total. The van der Waals surface area contributed by atoms with E-state index in [-0.39, 0.29) is 5.91 Å². The van der Waals surface area contributed by atoms with Crippen molar-refractivity contribution in [3.8, 4) is 16.3 Å². The number of amides is 1. The number of rotatable bonds is 8. The molecule has 1 N–H and O–H groups in total. The van der Waals surface area contributed by atoms with Crippen molar-refractivity contribution < 1.29 is 9.53 Å². The topological polar surface area (TPSA) is 71.8 Å². The molecule has 2 aromatic carbocycles. The van der Waals surface area contributed by atoms with E-state index >= 15 is 0 Å². The summed E-state index contributed by atoms with van der Waals surface area (Å²) in [5.41, 5.74) is 7.33. The Bertz CT molecular complexity index is 1370. The van der Waals surface area contributed by atoms with Gasteiger partial charge in [-0.25, -0.2) is 10.4 Å². The minimum atomic E-state index is -0.237. The molecule has 1 aliphatic rings. The number of nitrogens with one attached hydrogen (secondary N) is 1. The number of piperidine rings is 1. The van der Waals surface area contributed by atoms with Crippen LogP contribution in [-0.2, 0) is 13.1 Å². The van der Waals surface area contributed by atoms with Crippen molar-refractivity contribution in [2.24, 2.45) is 5.10 Å². The lowest BCUT2D eigenvalue weighted by Crippen LogP contribution is -2.29. The molecule has 4 aromatic rings. The maximum absolute atomic E-state index is 13.1. The van der Waals surface area contributed by atoms with Gasteiger partial charge in [-0.2, -0.15) is 5.10 Å². The molecule has 0 spiro atoms. The first-order chi connectivity index (χ1) is 17.6. The Hall–Kier alpha value is -3.49. The van der Waals surface area contributed by atoms with E-state index in [1.165, 1.54) is 19.3 Å². The summed E-state index contributed by atoms with van der Waals surface area (Å²) in [6.07, 6.45) is 7.41. The van der Waals surface area contributed by atoms with E-state index in [4.69, 9.17) is 9.72 Å². The van der Waals surface area contributed by atoms with E-state index in [1.54, 1.807) is 24.7 Å². The minimum absolute atomic E-state index is 0.237. The molecule has 2 aromatic heterocycles. The van der Waals surface area contributed by atoms with Crippen LogP contribution in [0.3, 0.4) is 0 Å². The van der Waals surface area contributed by atoms with Crippen LogP contribution >= 0.6 is 11.3 Å². The number of benzene rings is 2. The molecule has 1 aliphatic heterocycles. The van der Waals surface area contributed by atoms with Gasteiger partial charge in [0.2, 0.25) is 0 Å². The van der Waals surface area contributed by atoms with Crippen LogP contribution in [0.5, 0.6) is 5.75 Å². The van der Waals surface area contributed by atoms with Gasteiger partial charge in [0.25, 0.3) is 5.91 Å². The molecule has 0 saturated carbocycles. The molecule has 0 atom stereocenters. The number of nitrogens with zero attached hydrogens (tertiary/aromatic N) is 4. The second-order valence-corrected chi connectivity index (χ2v) is 9.87. The van der Waals surface area contributed by atoms with Gasteiger partial charge in [-0.15, -0.1) is 11.3 Å². The number of hydrogen-bond acceptors (Lipinski definition) is 6. The molecule has 36 heavy (non-hydrogen) atoms. The van der Waals surface area contributed by atoms with Gasteiger partial charge in [0.15, 0.2) is 0 Å². The number of fused-ring (bicyclic) bond motifs is 1. The van der Waals surface area contributed by atoms with Gasteiger partial charge in [-0.3, -0.25) is 9.69 Å². The summed E-state index contributed by atoms with van der Waals surface area (Å²) in [5, 5.41) is 8.21. The first kappa shape index (κ1) is 24.2. The monoisotopic (exact) mass is 501 g/mol. The lowest BCUT2D eigenvalue weighted by Gasteiger charge is -2.25. The molecule has 186 valence electrons. The van der Waals surface area contributed by atoms with Gasteiger partial charge in [0.05, 0.1) is 24.6 Å². The molecule has 0 unspecified atom stereocenters. The third kappa shape index (κ3) is 5.34. The van der Waals surface area contributed by atoms with Gasteiger partial charge in [0, 0.05) is 41.1 Å². The summed E-state index contributed by atoms with van der Waals surface area (Å²) in [5.74, 6) is 0.539. The van der Waals surface area contributed by atoms with Crippen molar-refractivity contribution in [2.75, 3.05) is 20.2 Å². The minimum Gasteiger partial charge on any atom is -0.497 e. The molecular weight excluding hydrogens is 470 g/mol. The Balaban J connectivity index is 1.35. The average molecular weight is 502 g/mol. The highest BCUT2D eigenvalue weighted by molar-refractivity contribution is 7.13. The van der Waals surface area contributed by atoms with E-state index in [1.807, 2.05) is 30.5 Å². The highest BCUT2D eigenvalue weighted by atomic mass is 32.1. The number of hydrogen-bond donors (Lipinski definition) is 1. The van der Waals surface area contributed by atoms with Crippen LogP contribution in [0.15, 0.2) is 59.1 Å². The molecule has 1 fully saturated rings. The Kier molecular flexibility index (Phi) is 7.44. The summed E-state index contributed by atoms with van der Waals surface area (Å²) in [7, 11) is 1.63. The van der Waals surface area contributed by atoms with Crippen molar-refractivity contribution in [1.82, 2.24) is 19.9 Å². The van der Waals surface area contributed by atoms with Crippen LogP contribution in [0.25, 0.3) is 21.5 Å². The van der Waals surface area contributed by atoms with E-state index in [0.717, 1.165) is 64.7 Å². The highest BCUT2D eigenvalue weighted by Gasteiger charge is 2.17. The number of aromatic nitrogens is 2. The molecule has 0 aliphatic carbocycles. The molecule has 3 heterocycles. The molecular formula is C28H31N5O2S. The second-order valence-electron chi connectivity index (χ2n) is 9.01. The maximum atomic E-state index is 13.1. The van der Waals surface area contributed by atoms with E-state index in [9.17, 15) is 4.79 Å². The first-order valence-electron chi connectivity index (χ1n) is 12.4. The van der Waals surface area contributed by atoms with Crippen LogP contribution in [-0.4, -0.2) is 46.8 Å². The SMILES string of the molecule is CCn1cc(C(=O)N/N=C/c2ccc(OC)cc2)c2cc(-c3nc(CN4CCCCC4)cs3)ccc21. The Morgan fingerprint density at radius 3 is 2.72 bits per heavy atom. The fourth-order valence-electron chi connectivity index (χ4n) is 4.65. The lowest BCUT2D eigenvalue weighted by atomic mass is 10.1. The van der Waals surface area contributed by atoms with Crippen molar-refractivity contribution in [3.05, 3.63) is 70.9 Å². The van der Waals surface area contributed by atoms with Crippen molar-refractivity contribution >= 4 is 34.4 Å².